The number of hydrogen-bond acceptors (Lipinski definition) is 2. The molecule has 0 heterocycles. The van der Waals surface area contributed by atoms with Crippen LogP contribution in [-0.2, 0) is 4.79 Å². The fourth-order valence-electron chi connectivity index (χ4n) is 1.96. The highest BCUT2D eigenvalue weighted by atomic mass is 16.2. The van der Waals surface area contributed by atoms with Crippen molar-refractivity contribution in [3.8, 4) is 0 Å². The van der Waals surface area contributed by atoms with Gasteiger partial charge in [-0.05, 0) is 37.8 Å². The van der Waals surface area contributed by atoms with E-state index in [9.17, 15) is 4.79 Å². The second kappa shape index (κ2) is 8.70. The van der Waals surface area contributed by atoms with E-state index in [2.05, 4.69) is 48.7 Å². The molecular formula is C16H26N2O. The third kappa shape index (κ3) is 5.88. The molecular weight excluding hydrogens is 236 g/mol. The minimum atomic E-state index is -0.116. The fourth-order valence-corrected chi connectivity index (χ4v) is 1.96. The van der Waals surface area contributed by atoms with Crippen molar-refractivity contribution < 1.29 is 4.79 Å². The minimum absolute atomic E-state index is 0.0919. The summed E-state index contributed by atoms with van der Waals surface area (Å²) in [6, 6.07) is 10.4. The van der Waals surface area contributed by atoms with Crippen molar-refractivity contribution in [2.24, 2.45) is 0 Å². The van der Waals surface area contributed by atoms with Crippen LogP contribution in [0.2, 0.25) is 0 Å². The van der Waals surface area contributed by atoms with Crippen molar-refractivity contribution in [2.75, 3.05) is 13.1 Å². The molecule has 1 aromatic carbocycles. The normalized spacial score (nSPS) is 13.8. The quantitative estimate of drug-likeness (QED) is 0.756. The van der Waals surface area contributed by atoms with Gasteiger partial charge in [0.15, 0.2) is 0 Å². The molecule has 0 saturated carbocycles. The first kappa shape index (κ1) is 15.7. The molecule has 2 atom stereocenters. The van der Waals surface area contributed by atoms with Crippen LogP contribution in [0.4, 0.5) is 0 Å². The van der Waals surface area contributed by atoms with Gasteiger partial charge in [0.05, 0.1) is 6.04 Å². The van der Waals surface area contributed by atoms with Crippen LogP contribution in [0, 0.1) is 0 Å². The molecule has 1 amide bonds. The predicted molar refractivity (Wildman–Crippen MR) is 80.2 cm³/mol. The monoisotopic (exact) mass is 262 g/mol. The summed E-state index contributed by atoms with van der Waals surface area (Å²) in [5.41, 5.74) is 1.35. The smallest absolute Gasteiger partial charge is 0.236 e. The molecule has 2 unspecified atom stereocenters. The lowest BCUT2D eigenvalue weighted by molar-refractivity contribution is -0.122. The first-order valence-corrected chi connectivity index (χ1v) is 7.21. The largest absolute Gasteiger partial charge is 0.355 e. The van der Waals surface area contributed by atoms with Gasteiger partial charge in [0, 0.05) is 6.54 Å². The Hall–Kier alpha value is -1.35. The van der Waals surface area contributed by atoms with Crippen LogP contribution in [-0.4, -0.2) is 25.0 Å². The summed E-state index contributed by atoms with van der Waals surface area (Å²) in [5.74, 6) is 0.605. The lowest BCUT2D eigenvalue weighted by atomic mass is 9.98. The minimum Gasteiger partial charge on any atom is -0.355 e. The van der Waals surface area contributed by atoms with E-state index in [1.54, 1.807) is 0 Å². The van der Waals surface area contributed by atoms with E-state index in [4.69, 9.17) is 0 Å². The molecule has 2 N–H and O–H groups in total. The van der Waals surface area contributed by atoms with Gasteiger partial charge in [-0.1, -0.05) is 44.2 Å². The topological polar surface area (TPSA) is 41.1 Å². The molecule has 0 bridgehead atoms. The van der Waals surface area contributed by atoms with Gasteiger partial charge in [-0.15, -0.1) is 0 Å². The molecule has 106 valence electrons. The van der Waals surface area contributed by atoms with Crippen molar-refractivity contribution in [1.29, 1.82) is 0 Å². The molecule has 0 fully saturated rings. The summed E-state index contributed by atoms with van der Waals surface area (Å²) < 4.78 is 0. The highest BCUT2D eigenvalue weighted by molar-refractivity contribution is 5.81. The standard InChI is InChI=1S/C16H26N2O/c1-4-11-18-16(19)14(3)17-12-10-13(2)15-8-6-5-7-9-15/h5-9,13-14,17H,4,10-12H2,1-3H3,(H,18,19). The van der Waals surface area contributed by atoms with Gasteiger partial charge in [-0.2, -0.15) is 0 Å². The van der Waals surface area contributed by atoms with Crippen LogP contribution in [0.1, 0.15) is 45.1 Å². The number of amides is 1. The Labute approximate surface area is 116 Å². The van der Waals surface area contributed by atoms with Crippen LogP contribution in [0.5, 0.6) is 0 Å². The number of nitrogens with one attached hydrogen (secondary N) is 2. The van der Waals surface area contributed by atoms with E-state index in [0.29, 0.717) is 5.92 Å². The van der Waals surface area contributed by atoms with Gasteiger partial charge in [0.2, 0.25) is 5.91 Å². The van der Waals surface area contributed by atoms with Crippen LogP contribution in [0.15, 0.2) is 30.3 Å². The summed E-state index contributed by atoms with van der Waals surface area (Å²) in [4.78, 5) is 11.7. The Morgan fingerprint density at radius 2 is 1.84 bits per heavy atom. The Morgan fingerprint density at radius 1 is 1.16 bits per heavy atom. The summed E-state index contributed by atoms with van der Waals surface area (Å²) in [6.07, 6.45) is 2.01. The van der Waals surface area contributed by atoms with Gasteiger partial charge in [0.25, 0.3) is 0 Å². The Kier molecular flexibility index (Phi) is 7.19. The summed E-state index contributed by atoms with van der Waals surface area (Å²) in [6.45, 7) is 7.80. The van der Waals surface area contributed by atoms with Crippen molar-refractivity contribution in [1.82, 2.24) is 10.6 Å². The Bertz CT molecular complexity index is 364. The molecule has 0 aliphatic rings. The van der Waals surface area contributed by atoms with E-state index in [-0.39, 0.29) is 11.9 Å². The Morgan fingerprint density at radius 3 is 2.47 bits per heavy atom. The molecule has 1 rings (SSSR count). The van der Waals surface area contributed by atoms with Crippen LogP contribution in [0.25, 0.3) is 0 Å². The maximum atomic E-state index is 11.7. The molecule has 0 spiro atoms. The first-order valence-electron chi connectivity index (χ1n) is 7.21. The molecule has 1 aromatic rings. The summed E-state index contributed by atoms with van der Waals surface area (Å²) in [5, 5.41) is 6.18. The third-order valence-corrected chi connectivity index (χ3v) is 3.34. The van der Waals surface area contributed by atoms with Gasteiger partial charge >= 0.3 is 0 Å². The zero-order chi connectivity index (χ0) is 14.1. The van der Waals surface area contributed by atoms with Crippen LogP contribution < -0.4 is 10.6 Å². The van der Waals surface area contributed by atoms with Crippen LogP contribution in [0.3, 0.4) is 0 Å². The van der Waals surface area contributed by atoms with E-state index in [1.165, 1.54) is 5.56 Å². The molecule has 0 aliphatic carbocycles. The number of hydrogen-bond donors (Lipinski definition) is 2. The second-order valence-corrected chi connectivity index (χ2v) is 5.07. The van der Waals surface area contributed by atoms with E-state index < -0.39 is 0 Å². The molecule has 0 saturated heterocycles. The number of carbonyl (C=O) groups excluding carboxylic acids is 1. The highest BCUT2D eigenvalue weighted by Gasteiger charge is 2.11. The zero-order valence-electron chi connectivity index (χ0n) is 12.3. The lowest BCUT2D eigenvalue weighted by Crippen LogP contribution is -2.42. The van der Waals surface area contributed by atoms with Crippen LogP contribution >= 0.6 is 0 Å². The average molecular weight is 262 g/mol. The molecule has 0 radical (unpaired) electrons. The molecule has 0 aromatic heterocycles. The van der Waals surface area contributed by atoms with Gasteiger partial charge in [-0.3, -0.25) is 4.79 Å². The van der Waals surface area contributed by atoms with Crippen molar-refractivity contribution >= 4 is 5.91 Å². The number of carbonyl (C=O) groups is 1. The van der Waals surface area contributed by atoms with Crippen molar-refractivity contribution in [2.45, 2.75) is 45.6 Å². The Balaban J connectivity index is 2.24. The average Bonchev–Trinajstić information content (AvgIpc) is 2.45. The SMILES string of the molecule is CCCNC(=O)C(C)NCCC(C)c1ccccc1. The van der Waals surface area contributed by atoms with E-state index in [0.717, 1.165) is 25.9 Å². The molecule has 19 heavy (non-hydrogen) atoms. The maximum absolute atomic E-state index is 11.7. The summed E-state index contributed by atoms with van der Waals surface area (Å²) in [7, 11) is 0. The predicted octanol–water partition coefficient (Wildman–Crippen LogP) is 2.68. The maximum Gasteiger partial charge on any atom is 0.236 e. The lowest BCUT2D eigenvalue weighted by Gasteiger charge is -2.16. The van der Waals surface area contributed by atoms with Gasteiger partial charge < -0.3 is 10.6 Å². The number of rotatable bonds is 8. The van der Waals surface area contributed by atoms with Gasteiger partial charge in [-0.25, -0.2) is 0 Å². The van der Waals surface area contributed by atoms with E-state index >= 15 is 0 Å². The highest BCUT2D eigenvalue weighted by Crippen LogP contribution is 2.17. The zero-order valence-corrected chi connectivity index (χ0v) is 12.3. The van der Waals surface area contributed by atoms with Crippen molar-refractivity contribution in [3.05, 3.63) is 35.9 Å². The molecule has 3 heteroatoms. The number of benzene rings is 1. The fraction of sp³-hybridized carbons (Fsp3) is 0.562. The van der Waals surface area contributed by atoms with E-state index in [1.807, 2.05) is 13.0 Å². The van der Waals surface area contributed by atoms with Crippen molar-refractivity contribution in [3.63, 3.8) is 0 Å². The molecule has 3 nitrogen and oxygen atoms in total. The third-order valence-electron chi connectivity index (χ3n) is 3.34. The second-order valence-electron chi connectivity index (χ2n) is 5.07. The molecule has 0 aliphatic heterocycles. The summed E-state index contributed by atoms with van der Waals surface area (Å²) >= 11 is 0. The first-order chi connectivity index (χ1) is 9.15. The van der Waals surface area contributed by atoms with Gasteiger partial charge in [0.1, 0.15) is 0 Å².